The van der Waals surface area contributed by atoms with Crippen molar-refractivity contribution in [2.24, 2.45) is 4.99 Å². The summed E-state index contributed by atoms with van der Waals surface area (Å²) in [6, 6.07) is 4.17. The molecule has 1 rings (SSSR count). The van der Waals surface area contributed by atoms with Crippen molar-refractivity contribution in [2.45, 2.75) is 12.8 Å². The van der Waals surface area contributed by atoms with Crippen LogP contribution < -0.4 is 16.0 Å². The molecule has 1 aromatic heterocycles. The molecule has 3 N–H and O–H groups in total. The number of thiophene rings is 1. The monoisotopic (exact) mass is 440 g/mol. The molecule has 1 amide bonds. The minimum atomic E-state index is -0.0821. The summed E-state index contributed by atoms with van der Waals surface area (Å²) in [7, 11) is 3.29. The first-order chi connectivity index (χ1) is 10.2. The van der Waals surface area contributed by atoms with E-state index in [9.17, 15) is 4.79 Å². The van der Waals surface area contributed by atoms with Crippen LogP contribution in [0.5, 0.6) is 0 Å². The number of carbonyl (C=O) groups is 1. The number of rotatable bonds is 8. The molecule has 1 unspecified atom stereocenters. The van der Waals surface area contributed by atoms with Gasteiger partial charge in [0.2, 0.25) is 5.91 Å². The maximum atomic E-state index is 11.6. The number of methoxy groups -OCH3 is 1. The molecule has 0 aromatic carbocycles. The lowest BCUT2D eigenvalue weighted by atomic mass is 10.1. The number of nitrogens with zero attached hydrogens (tertiary/aromatic N) is 1. The van der Waals surface area contributed by atoms with Gasteiger partial charge in [-0.25, -0.2) is 0 Å². The van der Waals surface area contributed by atoms with E-state index in [1.54, 1.807) is 25.5 Å². The summed E-state index contributed by atoms with van der Waals surface area (Å²) >= 11 is 1.74. The highest BCUT2D eigenvalue weighted by Crippen LogP contribution is 2.19. The molecule has 1 heterocycles. The molecule has 0 radical (unpaired) electrons. The van der Waals surface area contributed by atoms with Gasteiger partial charge in [0.1, 0.15) is 0 Å². The van der Waals surface area contributed by atoms with E-state index in [2.05, 4.69) is 39.3 Å². The van der Waals surface area contributed by atoms with Crippen LogP contribution in [-0.2, 0) is 9.53 Å². The number of amides is 1. The normalized spacial score (nSPS) is 12.2. The lowest BCUT2D eigenvalue weighted by molar-refractivity contribution is -0.120. The lowest BCUT2D eigenvalue weighted by Gasteiger charge is -2.15. The summed E-state index contributed by atoms with van der Waals surface area (Å²) in [5.41, 5.74) is 0. The Morgan fingerprint density at radius 3 is 2.77 bits per heavy atom. The van der Waals surface area contributed by atoms with Gasteiger partial charge in [-0.15, -0.1) is 35.3 Å². The molecule has 0 aliphatic carbocycles. The molecule has 0 aliphatic rings. The molecular formula is C14H25IN4O2S. The highest BCUT2D eigenvalue weighted by Gasteiger charge is 2.08. The van der Waals surface area contributed by atoms with Gasteiger partial charge in [-0.05, 0) is 11.4 Å². The number of halogens is 1. The molecule has 1 aromatic rings. The third kappa shape index (κ3) is 8.54. The molecule has 0 spiro atoms. The first-order valence-electron chi connectivity index (χ1n) is 6.91. The number of ether oxygens (including phenoxy) is 1. The third-order valence-corrected chi connectivity index (χ3v) is 3.98. The number of hydrogen-bond donors (Lipinski definition) is 3. The highest BCUT2D eigenvalue weighted by atomic mass is 127. The summed E-state index contributed by atoms with van der Waals surface area (Å²) < 4.78 is 4.87. The first kappa shape index (κ1) is 21.1. The van der Waals surface area contributed by atoms with E-state index < -0.39 is 0 Å². The predicted octanol–water partition coefficient (Wildman–Crippen LogP) is 1.40. The van der Waals surface area contributed by atoms with Crippen LogP contribution >= 0.6 is 35.3 Å². The van der Waals surface area contributed by atoms with Gasteiger partial charge in [-0.1, -0.05) is 13.0 Å². The van der Waals surface area contributed by atoms with Crippen molar-refractivity contribution in [3.05, 3.63) is 22.4 Å². The van der Waals surface area contributed by atoms with E-state index >= 15 is 0 Å². The van der Waals surface area contributed by atoms with Crippen molar-refractivity contribution in [3.8, 4) is 0 Å². The summed E-state index contributed by atoms with van der Waals surface area (Å²) in [6.07, 6.45) is 0. The van der Waals surface area contributed by atoms with Gasteiger partial charge in [-0.2, -0.15) is 0 Å². The Morgan fingerprint density at radius 1 is 1.41 bits per heavy atom. The molecule has 126 valence electrons. The average Bonchev–Trinajstić information content (AvgIpc) is 3.01. The smallest absolute Gasteiger partial charge is 0.239 e. The largest absolute Gasteiger partial charge is 0.383 e. The molecule has 0 fully saturated rings. The maximum Gasteiger partial charge on any atom is 0.239 e. The predicted molar refractivity (Wildman–Crippen MR) is 102 cm³/mol. The molecule has 0 saturated carbocycles. The topological polar surface area (TPSA) is 74.8 Å². The zero-order valence-corrected chi connectivity index (χ0v) is 16.4. The van der Waals surface area contributed by atoms with E-state index in [-0.39, 0.29) is 36.4 Å². The minimum absolute atomic E-state index is 0. The Hall–Kier alpha value is -0.870. The summed E-state index contributed by atoms with van der Waals surface area (Å²) in [4.78, 5) is 17.0. The highest BCUT2D eigenvalue weighted by molar-refractivity contribution is 14.0. The van der Waals surface area contributed by atoms with Crippen molar-refractivity contribution in [1.82, 2.24) is 16.0 Å². The molecule has 0 bridgehead atoms. The fourth-order valence-corrected chi connectivity index (χ4v) is 2.45. The first-order valence-corrected chi connectivity index (χ1v) is 7.79. The van der Waals surface area contributed by atoms with Crippen LogP contribution in [0.15, 0.2) is 22.5 Å². The molecule has 1 atom stereocenters. The van der Waals surface area contributed by atoms with Crippen molar-refractivity contribution in [2.75, 3.05) is 40.4 Å². The van der Waals surface area contributed by atoms with Crippen LogP contribution in [0.3, 0.4) is 0 Å². The van der Waals surface area contributed by atoms with Gasteiger partial charge in [0, 0.05) is 38.0 Å². The minimum Gasteiger partial charge on any atom is -0.383 e. The summed E-state index contributed by atoms with van der Waals surface area (Å²) in [5.74, 6) is 0.945. The standard InChI is InChI=1S/C14H24N4O2S.HI/c1-11(12-5-4-8-21-12)9-17-14(15-2)18-10-13(19)16-6-7-20-3;/h4-5,8,11H,6-7,9-10H2,1-3H3,(H,16,19)(H2,15,17,18);1H. The van der Waals surface area contributed by atoms with Crippen LogP contribution in [0.4, 0.5) is 0 Å². The second-order valence-electron chi connectivity index (χ2n) is 4.57. The fourth-order valence-electron chi connectivity index (χ4n) is 1.66. The number of guanidine groups is 1. The van der Waals surface area contributed by atoms with Gasteiger partial charge in [0.25, 0.3) is 0 Å². The molecule has 0 aliphatic heterocycles. The van der Waals surface area contributed by atoms with Crippen LogP contribution in [0.2, 0.25) is 0 Å². The van der Waals surface area contributed by atoms with Crippen LogP contribution in [0, 0.1) is 0 Å². The Balaban J connectivity index is 0.00000441. The van der Waals surface area contributed by atoms with Gasteiger partial charge in [0.15, 0.2) is 5.96 Å². The second kappa shape index (κ2) is 12.7. The van der Waals surface area contributed by atoms with Crippen LogP contribution in [0.1, 0.15) is 17.7 Å². The van der Waals surface area contributed by atoms with Crippen molar-refractivity contribution in [3.63, 3.8) is 0 Å². The van der Waals surface area contributed by atoms with E-state index in [0.29, 0.717) is 25.0 Å². The zero-order valence-electron chi connectivity index (χ0n) is 13.2. The van der Waals surface area contributed by atoms with E-state index in [1.165, 1.54) is 4.88 Å². The Bertz CT molecular complexity index is 440. The summed E-state index contributed by atoms with van der Waals surface area (Å²) in [5, 5.41) is 11.0. The van der Waals surface area contributed by atoms with E-state index in [4.69, 9.17) is 4.74 Å². The molecular weight excluding hydrogens is 415 g/mol. The number of hydrogen-bond acceptors (Lipinski definition) is 4. The average molecular weight is 440 g/mol. The Kier molecular flexibility index (Phi) is 12.2. The van der Waals surface area contributed by atoms with Crippen molar-refractivity contribution >= 4 is 47.2 Å². The van der Waals surface area contributed by atoms with E-state index in [1.807, 2.05) is 6.07 Å². The van der Waals surface area contributed by atoms with Gasteiger partial charge < -0.3 is 20.7 Å². The molecule has 22 heavy (non-hydrogen) atoms. The molecule has 8 heteroatoms. The Morgan fingerprint density at radius 2 is 2.18 bits per heavy atom. The molecule has 6 nitrogen and oxygen atoms in total. The summed E-state index contributed by atoms with van der Waals surface area (Å²) in [6.45, 7) is 4.14. The third-order valence-electron chi connectivity index (χ3n) is 2.87. The van der Waals surface area contributed by atoms with Gasteiger partial charge in [-0.3, -0.25) is 9.79 Å². The molecule has 0 saturated heterocycles. The fraction of sp³-hybridized carbons (Fsp3) is 0.571. The van der Waals surface area contributed by atoms with Gasteiger partial charge in [0.05, 0.1) is 13.2 Å². The van der Waals surface area contributed by atoms with Crippen LogP contribution in [0.25, 0.3) is 0 Å². The van der Waals surface area contributed by atoms with Gasteiger partial charge >= 0.3 is 0 Å². The SMILES string of the molecule is CN=C(NCC(=O)NCCOC)NCC(C)c1cccs1.I. The quantitative estimate of drug-likeness (QED) is 0.247. The van der Waals surface area contributed by atoms with Crippen molar-refractivity contribution in [1.29, 1.82) is 0 Å². The number of nitrogens with one attached hydrogen (secondary N) is 3. The maximum absolute atomic E-state index is 11.6. The van der Waals surface area contributed by atoms with Crippen LogP contribution in [-0.4, -0.2) is 52.3 Å². The lowest BCUT2D eigenvalue weighted by Crippen LogP contribution is -2.44. The van der Waals surface area contributed by atoms with E-state index in [0.717, 1.165) is 6.54 Å². The van der Waals surface area contributed by atoms with Crippen molar-refractivity contribution < 1.29 is 9.53 Å². The zero-order chi connectivity index (χ0) is 15.5. The number of aliphatic imine (C=N–C) groups is 1. The second-order valence-corrected chi connectivity index (χ2v) is 5.55. The Labute approximate surface area is 153 Å². The number of carbonyl (C=O) groups excluding carboxylic acids is 1.